The number of anilines is 1. The Balaban J connectivity index is 1.38. The van der Waals surface area contributed by atoms with Crippen LogP contribution in [-0.2, 0) is 37.6 Å². The van der Waals surface area contributed by atoms with Crippen LogP contribution in [0.2, 0.25) is 5.28 Å². The van der Waals surface area contributed by atoms with Crippen molar-refractivity contribution < 1.29 is 32.6 Å². The number of halogens is 1. The Morgan fingerprint density at radius 1 is 1.16 bits per heavy atom. The average Bonchev–Trinajstić information content (AvgIpc) is 3.47. The van der Waals surface area contributed by atoms with Gasteiger partial charge < -0.3 is 32.9 Å². The molecule has 0 amide bonds. The van der Waals surface area contributed by atoms with E-state index in [-0.39, 0.29) is 24.9 Å². The quantitative estimate of drug-likeness (QED) is 0.122. The van der Waals surface area contributed by atoms with Crippen molar-refractivity contribution in [3.05, 3.63) is 62.6 Å². The molecule has 44 heavy (non-hydrogen) atoms. The minimum Gasteiger partial charge on any atom is -0.463 e. The van der Waals surface area contributed by atoms with E-state index < -0.39 is 29.3 Å². The summed E-state index contributed by atoms with van der Waals surface area (Å²) < 4.78 is 28.4. The predicted molar refractivity (Wildman–Crippen MR) is 161 cm³/mol. The summed E-state index contributed by atoms with van der Waals surface area (Å²) in [5, 5.41) is 3.07. The highest BCUT2D eigenvalue weighted by molar-refractivity contribution is 6.28. The number of nitrogens with zero attached hydrogens (tertiary/aromatic N) is 4. The molecule has 0 aliphatic rings. The molecule has 0 aliphatic carbocycles. The predicted octanol–water partition coefficient (Wildman–Crippen LogP) is 4.80. The molecule has 1 aromatic carbocycles. The summed E-state index contributed by atoms with van der Waals surface area (Å²) in [6, 6.07) is 3.79. The van der Waals surface area contributed by atoms with Gasteiger partial charge in [-0.2, -0.15) is 9.97 Å². The van der Waals surface area contributed by atoms with Crippen LogP contribution in [0.3, 0.4) is 0 Å². The van der Waals surface area contributed by atoms with Crippen molar-refractivity contribution in [2.24, 2.45) is 0 Å². The summed E-state index contributed by atoms with van der Waals surface area (Å²) in [6.45, 7) is 11.3. The van der Waals surface area contributed by atoms with E-state index in [9.17, 15) is 14.4 Å². The summed E-state index contributed by atoms with van der Waals surface area (Å²) in [5.74, 6) is -0.121. The largest absolute Gasteiger partial charge is 0.519 e. The SMILES string of the molecule is COC(CCn1cnc2c(NCc3oc(=O)oc3C)nc(Cl)nc21)COC(=O)CC(C)(C)c1c(C)cc(C)cc1OC(C)=O. The summed E-state index contributed by atoms with van der Waals surface area (Å²) >= 11 is 6.19. The third-order valence-electron chi connectivity index (χ3n) is 7.10. The number of benzene rings is 1. The highest BCUT2D eigenvalue weighted by Crippen LogP contribution is 2.38. The average molecular weight is 630 g/mol. The van der Waals surface area contributed by atoms with E-state index in [0.29, 0.717) is 47.2 Å². The first-order valence-electron chi connectivity index (χ1n) is 14.0. The Hall–Kier alpha value is -4.23. The van der Waals surface area contributed by atoms with Gasteiger partial charge in [0.15, 0.2) is 22.7 Å². The fraction of sp³-hybridized carbons (Fsp3) is 0.467. The van der Waals surface area contributed by atoms with Crippen LogP contribution >= 0.6 is 11.6 Å². The van der Waals surface area contributed by atoms with Gasteiger partial charge in [0.05, 0.1) is 25.4 Å². The second kappa shape index (κ2) is 13.6. The molecule has 13 nitrogen and oxygen atoms in total. The zero-order valence-electron chi connectivity index (χ0n) is 25.8. The van der Waals surface area contributed by atoms with Gasteiger partial charge in [-0.25, -0.2) is 9.78 Å². The Kier molecular flexibility index (Phi) is 10.1. The molecule has 1 atom stereocenters. The maximum absolute atomic E-state index is 13.0. The van der Waals surface area contributed by atoms with Crippen LogP contribution in [0.25, 0.3) is 11.2 Å². The molecule has 0 saturated heterocycles. The van der Waals surface area contributed by atoms with Gasteiger partial charge in [0.2, 0.25) is 5.28 Å². The fourth-order valence-corrected chi connectivity index (χ4v) is 5.34. The number of fused-ring (bicyclic) bond motifs is 1. The lowest BCUT2D eigenvalue weighted by Gasteiger charge is -2.29. The first-order valence-corrected chi connectivity index (χ1v) is 14.4. The number of hydrogen-bond acceptors (Lipinski definition) is 12. The number of methoxy groups -OCH3 is 1. The smallest absolute Gasteiger partial charge is 0.463 e. The molecule has 3 aromatic heterocycles. The number of nitrogens with one attached hydrogen (secondary N) is 1. The van der Waals surface area contributed by atoms with Gasteiger partial charge in [-0.3, -0.25) is 9.59 Å². The Morgan fingerprint density at radius 2 is 1.91 bits per heavy atom. The molecule has 0 radical (unpaired) electrons. The zero-order chi connectivity index (χ0) is 32.2. The van der Waals surface area contributed by atoms with Crippen LogP contribution in [0, 0.1) is 20.8 Å². The maximum atomic E-state index is 13.0. The van der Waals surface area contributed by atoms with E-state index >= 15 is 0 Å². The number of carbonyl (C=O) groups is 2. The third kappa shape index (κ3) is 7.83. The number of ether oxygens (including phenoxy) is 3. The van der Waals surface area contributed by atoms with Crippen molar-refractivity contribution in [2.75, 3.05) is 19.0 Å². The number of aromatic nitrogens is 4. The van der Waals surface area contributed by atoms with Crippen LogP contribution < -0.4 is 15.9 Å². The Morgan fingerprint density at radius 3 is 2.57 bits per heavy atom. The molecule has 14 heteroatoms. The minimum absolute atomic E-state index is 0.00706. The van der Waals surface area contributed by atoms with Crippen molar-refractivity contribution in [1.82, 2.24) is 19.5 Å². The lowest BCUT2D eigenvalue weighted by Crippen LogP contribution is -2.28. The number of imidazole rings is 1. The first-order chi connectivity index (χ1) is 20.8. The number of rotatable bonds is 13. The van der Waals surface area contributed by atoms with Crippen molar-refractivity contribution in [2.45, 2.75) is 79.0 Å². The summed E-state index contributed by atoms with van der Waals surface area (Å²) in [5.41, 5.74) is 2.96. The molecule has 0 aliphatic heterocycles. The van der Waals surface area contributed by atoms with Gasteiger partial charge in [-0.1, -0.05) is 19.9 Å². The van der Waals surface area contributed by atoms with E-state index in [1.807, 2.05) is 33.8 Å². The lowest BCUT2D eigenvalue weighted by molar-refractivity contribution is -0.148. The van der Waals surface area contributed by atoms with E-state index in [1.165, 1.54) is 6.92 Å². The van der Waals surface area contributed by atoms with E-state index in [1.54, 1.807) is 31.0 Å². The normalized spacial score (nSPS) is 12.4. The van der Waals surface area contributed by atoms with Gasteiger partial charge in [0.25, 0.3) is 0 Å². The topological polar surface area (TPSA) is 161 Å². The zero-order valence-corrected chi connectivity index (χ0v) is 26.5. The Bertz CT molecular complexity index is 1720. The number of hydrogen-bond donors (Lipinski definition) is 1. The van der Waals surface area contributed by atoms with Crippen LogP contribution in [0.15, 0.2) is 32.1 Å². The lowest BCUT2D eigenvalue weighted by atomic mass is 9.78. The van der Waals surface area contributed by atoms with Gasteiger partial charge in [0, 0.05) is 31.6 Å². The molecule has 0 bridgehead atoms. The second-order valence-electron chi connectivity index (χ2n) is 11.2. The molecule has 236 valence electrons. The molecule has 4 rings (SSSR count). The Labute approximate surface area is 258 Å². The molecular formula is C30H36ClN5O8. The van der Waals surface area contributed by atoms with Gasteiger partial charge in [0.1, 0.15) is 18.1 Å². The number of aryl methyl sites for hydroxylation is 4. The van der Waals surface area contributed by atoms with Gasteiger partial charge >= 0.3 is 17.8 Å². The molecule has 0 fully saturated rings. The first kappa shape index (κ1) is 32.7. The summed E-state index contributed by atoms with van der Waals surface area (Å²) in [6.07, 6.45) is 1.76. The monoisotopic (exact) mass is 629 g/mol. The van der Waals surface area contributed by atoms with Crippen LogP contribution in [0.5, 0.6) is 5.75 Å². The molecule has 0 spiro atoms. The molecule has 1 unspecified atom stereocenters. The fourth-order valence-electron chi connectivity index (χ4n) is 5.17. The number of carbonyl (C=O) groups excluding carboxylic acids is 2. The highest BCUT2D eigenvalue weighted by atomic mass is 35.5. The maximum Gasteiger partial charge on any atom is 0.519 e. The minimum atomic E-state index is -0.786. The van der Waals surface area contributed by atoms with Crippen LogP contribution in [0.4, 0.5) is 5.82 Å². The second-order valence-corrected chi connectivity index (χ2v) is 11.5. The number of esters is 2. The van der Waals surface area contributed by atoms with Gasteiger partial charge in [-0.15, -0.1) is 0 Å². The molecular weight excluding hydrogens is 594 g/mol. The van der Waals surface area contributed by atoms with E-state index in [0.717, 1.165) is 16.7 Å². The molecule has 3 heterocycles. The van der Waals surface area contributed by atoms with Crippen molar-refractivity contribution in [3.8, 4) is 5.75 Å². The highest BCUT2D eigenvalue weighted by Gasteiger charge is 2.31. The van der Waals surface area contributed by atoms with E-state index in [4.69, 9.17) is 34.6 Å². The van der Waals surface area contributed by atoms with E-state index in [2.05, 4.69) is 20.3 Å². The van der Waals surface area contributed by atoms with Crippen LogP contribution in [0.1, 0.15) is 61.8 Å². The van der Waals surface area contributed by atoms with Crippen molar-refractivity contribution in [1.29, 1.82) is 0 Å². The van der Waals surface area contributed by atoms with Gasteiger partial charge in [-0.05, 0) is 56.0 Å². The molecule has 4 aromatic rings. The molecule has 0 saturated carbocycles. The van der Waals surface area contributed by atoms with Crippen molar-refractivity contribution >= 4 is 40.5 Å². The standard InChI is InChI=1S/C30H36ClN5O8/c1-16-10-17(2)24(21(11-16)43-19(4)37)30(5,6)12-23(38)41-14-20(40-7)8-9-36-15-33-25-26(34-28(31)35-27(25)36)32-13-22-18(3)42-29(39)44-22/h10-11,15,20H,8-9,12-14H2,1-7H3,(H,32,34,35). The molecule has 1 N–H and O–H groups in total. The van der Waals surface area contributed by atoms with Crippen molar-refractivity contribution in [3.63, 3.8) is 0 Å². The summed E-state index contributed by atoms with van der Waals surface area (Å²) in [7, 11) is 1.55. The van der Waals surface area contributed by atoms with Crippen LogP contribution in [-0.4, -0.2) is 51.3 Å². The summed E-state index contributed by atoms with van der Waals surface area (Å²) in [4.78, 5) is 49.0. The third-order valence-corrected chi connectivity index (χ3v) is 7.27.